The van der Waals surface area contributed by atoms with Crippen molar-refractivity contribution in [1.29, 1.82) is 0 Å². The van der Waals surface area contributed by atoms with Gasteiger partial charge in [0.2, 0.25) is 10.0 Å². The summed E-state index contributed by atoms with van der Waals surface area (Å²) < 4.78 is 28.0. The molecule has 0 spiro atoms. The Bertz CT molecular complexity index is 1010. The van der Waals surface area contributed by atoms with Gasteiger partial charge in [0, 0.05) is 50.5 Å². The summed E-state index contributed by atoms with van der Waals surface area (Å²) >= 11 is 0. The summed E-state index contributed by atoms with van der Waals surface area (Å²) in [6, 6.07) is 16.7. The quantitative estimate of drug-likeness (QED) is 0.730. The lowest BCUT2D eigenvalue weighted by Gasteiger charge is -2.36. The van der Waals surface area contributed by atoms with Crippen molar-refractivity contribution in [2.45, 2.75) is 25.2 Å². The van der Waals surface area contributed by atoms with E-state index in [0.717, 1.165) is 25.2 Å². The molecule has 0 saturated carbocycles. The van der Waals surface area contributed by atoms with Crippen molar-refractivity contribution in [1.82, 2.24) is 9.21 Å². The maximum atomic E-state index is 13.2. The van der Waals surface area contributed by atoms with E-state index in [1.807, 2.05) is 23.1 Å². The van der Waals surface area contributed by atoms with E-state index >= 15 is 0 Å². The predicted molar refractivity (Wildman–Crippen MR) is 123 cm³/mol. The fraction of sp³-hybridized carbons (Fsp3) is 0.458. The van der Waals surface area contributed by atoms with Gasteiger partial charge in [0.15, 0.2) is 0 Å². The zero-order valence-corrected chi connectivity index (χ0v) is 19.1. The van der Waals surface area contributed by atoms with Crippen LogP contribution >= 0.6 is 0 Å². The molecule has 1 amide bonds. The molecule has 4 rings (SSSR count). The van der Waals surface area contributed by atoms with Crippen LogP contribution in [0.5, 0.6) is 0 Å². The summed E-state index contributed by atoms with van der Waals surface area (Å²) in [4.78, 5) is 17.4. The molecular formula is C24H31N3O3S. The fourth-order valence-corrected chi connectivity index (χ4v) is 6.46. The molecule has 0 N–H and O–H groups in total. The van der Waals surface area contributed by atoms with Crippen LogP contribution in [-0.2, 0) is 10.0 Å². The molecule has 2 aliphatic rings. The van der Waals surface area contributed by atoms with Gasteiger partial charge in [-0.3, -0.25) is 4.79 Å². The summed E-state index contributed by atoms with van der Waals surface area (Å²) in [7, 11) is -3.61. The Hall–Kier alpha value is -2.38. The third kappa shape index (κ3) is 4.77. The van der Waals surface area contributed by atoms with Crippen molar-refractivity contribution in [2.24, 2.45) is 11.8 Å². The number of hydrogen-bond acceptors (Lipinski definition) is 4. The fourth-order valence-electron chi connectivity index (χ4n) is 4.73. The number of hydrogen-bond donors (Lipinski definition) is 0. The molecule has 2 atom stereocenters. The first-order chi connectivity index (χ1) is 14.8. The highest BCUT2D eigenvalue weighted by Gasteiger charge is 2.32. The zero-order valence-electron chi connectivity index (χ0n) is 18.3. The minimum absolute atomic E-state index is 0.106. The van der Waals surface area contributed by atoms with Gasteiger partial charge in [-0.2, -0.15) is 4.31 Å². The number of nitrogens with zero attached hydrogens (tertiary/aromatic N) is 3. The number of anilines is 1. The Morgan fingerprint density at radius 2 is 1.52 bits per heavy atom. The van der Waals surface area contributed by atoms with Gasteiger partial charge in [0.05, 0.1) is 4.90 Å². The molecule has 2 aromatic carbocycles. The second-order valence-corrected chi connectivity index (χ2v) is 10.8. The molecule has 2 saturated heterocycles. The first-order valence-electron chi connectivity index (χ1n) is 11.0. The van der Waals surface area contributed by atoms with Crippen molar-refractivity contribution in [3.63, 3.8) is 0 Å². The highest BCUT2D eigenvalue weighted by molar-refractivity contribution is 7.89. The Morgan fingerprint density at radius 1 is 0.871 bits per heavy atom. The summed E-state index contributed by atoms with van der Waals surface area (Å²) in [6.45, 7) is 8.01. The lowest BCUT2D eigenvalue weighted by Crippen LogP contribution is -2.48. The van der Waals surface area contributed by atoms with Crippen LogP contribution in [0, 0.1) is 11.8 Å². The van der Waals surface area contributed by atoms with Crippen molar-refractivity contribution in [3.8, 4) is 0 Å². The number of carbonyl (C=O) groups is 1. The van der Waals surface area contributed by atoms with Gasteiger partial charge in [-0.15, -0.1) is 0 Å². The predicted octanol–water partition coefficient (Wildman–Crippen LogP) is 3.32. The van der Waals surface area contributed by atoms with Crippen molar-refractivity contribution in [3.05, 3.63) is 60.2 Å². The maximum absolute atomic E-state index is 13.2. The summed E-state index contributed by atoms with van der Waals surface area (Å²) in [6.07, 6.45) is 1.04. The molecule has 2 heterocycles. The van der Waals surface area contributed by atoms with Gasteiger partial charge in [-0.25, -0.2) is 8.42 Å². The van der Waals surface area contributed by atoms with Gasteiger partial charge < -0.3 is 9.80 Å². The summed E-state index contributed by atoms with van der Waals surface area (Å²) in [5.74, 6) is 0.568. The molecular weight excluding hydrogens is 410 g/mol. The topological polar surface area (TPSA) is 60.9 Å². The van der Waals surface area contributed by atoms with Crippen LogP contribution in [0.1, 0.15) is 30.6 Å². The van der Waals surface area contributed by atoms with Crippen LogP contribution in [0.15, 0.2) is 59.5 Å². The van der Waals surface area contributed by atoms with Crippen LogP contribution in [0.3, 0.4) is 0 Å². The van der Waals surface area contributed by atoms with Crippen LogP contribution in [0.25, 0.3) is 0 Å². The Morgan fingerprint density at radius 3 is 2.16 bits per heavy atom. The highest BCUT2D eigenvalue weighted by Crippen LogP contribution is 2.27. The van der Waals surface area contributed by atoms with Crippen molar-refractivity contribution in [2.75, 3.05) is 44.2 Å². The lowest BCUT2D eigenvalue weighted by molar-refractivity contribution is 0.0746. The summed E-state index contributed by atoms with van der Waals surface area (Å²) in [5, 5.41) is 0. The van der Waals surface area contributed by atoms with E-state index in [4.69, 9.17) is 0 Å². The molecule has 2 aliphatic heterocycles. The standard InChI is InChI=1S/C24H31N3O3S/c1-19-15-20(2)18-27(17-19)31(29,30)23-10-6-7-21(16-23)24(28)26-13-11-25(12-14-26)22-8-4-3-5-9-22/h3-10,16,19-20H,11-15,17-18H2,1-2H3/t19-,20+. The second-order valence-electron chi connectivity index (χ2n) is 8.91. The Balaban J connectivity index is 1.46. The van der Waals surface area contributed by atoms with Gasteiger partial charge in [0.25, 0.3) is 5.91 Å². The average molecular weight is 442 g/mol. The molecule has 166 valence electrons. The van der Waals surface area contributed by atoms with Gasteiger partial charge in [-0.1, -0.05) is 38.1 Å². The number of piperazine rings is 1. The zero-order chi connectivity index (χ0) is 22.0. The number of piperidine rings is 1. The molecule has 2 aromatic rings. The highest BCUT2D eigenvalue weighted by atomic mass is 32.2. The molecule has 2 fully saturated rings. The van der Waals surface area contributed by atoms with Gasteiger partial charge in [-0.05, 0) is 48.6 Å². The molecule has 0 radical (unpaired) electrons. The summed E-state index contributed by atoms with van der Waals surface area (Å²) in [5.41, 5.74) is 1.60. The number of amides is 1. The van der Waals surface area contributed by atoms with Gasteiger partial charge in [0.1, 0.15) is 0 Å². The number of rotatable bonds is 4. The van der Waals surface area contributed by atoms with E-state index in [0.29, 0.717) is 43.6 Å². The minimum atomic E-state index is -3.61. The van der Waals surface area contributed by atoms with Crippen molar-refractivity contribution < 1.29 is 13.2 Å². The normalized spacial score (nSPS) is 23.0. The largest absolute Gasteiger partial charge is 0.368 e. The average Bonchev–Trinajstić information content (AvgIpc) is 2.79. The molecule has 6 nitrogen and oxygen atoms in total. The third-order valence-electron chi connectivity index (χ3n) is 6.24. The monoisotopic (exact) mass is 441 g/mol. The number of sulfonamides is 1. The van der Waals surface area contributed by atoms with Crippen molar-refractivity contribution >= 4 is 21.6 Å². The first kappa shape index (κ1) is 21.8. The third-order valence-corrected chi connectivity index (χ3v) is 8.07. The smallest absolute Gasteiger partial charge is 0.254 e. The molecule has 0 unspecified atom stereocenters. The maximum Gasteiger partial charge on any atom is 0.254 e. The van der Waals surface area contributed by atoms with E-state index in [-0.39, 0.29) is 10.8 Å². The van der Waals surface area contributed by atoms with Crippen LogP contribution < -0.4 is 4.90 Å². The van der Waals surface area contributed by atoms with E-state index in [2.05, 4.69) is 30.9 Å². The second kappa shape index (κ2) is 9.01. The van der Waals surface area contributed by atoms with E-state index in [9.17, 15) is 13.2 Å². The SMILES string of the molecule is C[C@@H]1C[C@H](C)CN(S(=O)(=O)c2cccc(C(=O)N3CCN(c4ccccc4)CC3)c2)C1. The molecule has 7 heteroatoms. The van der Waals surface area contributed by atoms with Crippen LogP contribution in [0.2, 0.25) is 0 Å². The van der Waals surface area contributed by atoms with Gasteiger partial charge >= 0.3 is 0 Å². The molecule has 31 heavy (non-hydrogen) atoms. The lowest BCUT2D eigenvalue weighted by atomic mass is 9.94. The molecule has 0 bridgehead atoms. The molecule has 0 aliphatic carbocycles. The Labute approximate surface area is 185 Å². The van der Waals surface area contributed by atoms with E-state index < -0.39 is 10.0 Å². The number of carbonyl (C=O) groups excluding carboxylic acids is 1. The van der Waals surface area contributed by atoms with Crippen LogP contribution in [0.4, 0.5) is 5.69 Å². The van der Waals surface area contributed by atoms with E-state index in [1.54, 1.807) is 28.6 Å². The minimum Gasteiger partial charge on any atom is -0.368 e. The first-order valence-corrected chi connectivity index (χ1v) is 12.5. The van der Waals surface area contributed by atoms with Crippen LogP contribution in [-0.4, -0.2) is 62.8 Å². The Kier molecular flexibility index (Phi) is 6.34. The number of para-hydroxylation sites is 1. The van der Waals surface area contributed by atoms with E-state index in [1.165, 1.54) is 0 Å². The molecule has 0 aromatic heterocycles. The number of benzene rings is 2.